The third-order valence-corrected chi connectivity index (χ3v) is 3.63. The van der Waals surface area contributed by atoms with Crippen molar-refractivity contribution in [3.63, 3.8) is 0 Å². The molecule has 2 rings (SSSR count). The zero-order valence-corrected chi connectivity index (χ0v) is 13.8. The molecule has 7 heteroatoms. The molecule has 5 nitrogen and oxygen atoms in total. The Labute approximate surface area is 139 Å². The largest absolute Gasteiger partial charge is 0.365 e. The van der Waals surface area contributed by atoms with Crippen LogP contribution in [-0.4, -0.2) is 36.4 Å². The Balaban J connectivity index is 2.20. The number of H-pyrrole nitrogens is 1. The van der Waals surface area contributed by atoms with Gasteiger partial charge >= 0.3 is 0 Å². The van der Waals surface area contributed by atoms with E-state index in [0.29, 0.717) is 0 Å². The lowest BCUT2D eigenvalue weighted by molar-refractivity contribution is 0.100. The molecule has 23 heavy (non-hydrogen) atoms. The number of aromatic nitrogens is 1. The van der Waals surface area contributed by atoms with E-state index in [1.54, 1.807) is 0 Å². The van der Waals surface area contributed by atoms with Crippen LogP contribution in [0, 0.1) is 10.5 Å². The quantitative estimate of drug-likeness (QED) is 0.710. The Bertz CT molecular complexity index is 756. The lowest BCUT2D eigenvalue weighted by Gasteiger charge is -2.12. The van der Waals surface area contributed by atoms with Crippen LogP contribution in [0.5, 0.6) is 0 Å². The zero-order valence-electron chi connectivity index (χ0n) is 13.0. The van der Waals surface area contributed by atoms with Crippen molar-refractivity contribution in [1.29, 1.82) is 0 Å². The number of carbonyl (C=O) groups excluding carboxylic acids is 1. The predicted octanol–water partition coefficient (Wildman–Crippen LogP) is 2.83. The van der Waals surface area contributed by atoms with Crippen LogP contribution in [-0.2, 0) is 6.42 Å². The van der Waals surface area contributed by atoms with Crippen molar-refractivity contribution >= 4 is 29.6 Å². The summed E-state index contributed by atoms with van der Waals surface area (Å²) in [4.78, 5) is 16.2. The van der Waals surface area contributed by atoms with Crippen molar-refractivity contribution in [2.24, 2.45) is 5.73 Å². The van der Waals surface area contributed by atoms with Gasteiger partial charge in [-0.25, -0.2) is 4.39 Å². The second kappa shape index (κ2) is 7.34. The molecule has 0 aliphatic heterocycles. The predicted molar refractivity (Wildman–Crippen MR) is 92.1 cm³/mol. The fraction of sp³-hybridized carbons (Fsp3) is 0.250. The molecule has 0 atom stereocenters. The summed E-state index contributed by atoms with van der Waals surface area (Å²) in [5, 5.41) is 3.01. The van der Waals surface area contributed by atoms with Gasteiger partial charge in [0, 0.05) is 12.2 Å². The molecule has 0 aliphatic rings. The Morgan fingerprint density at radius 2 is 2.00 bits per heavy atom. The number of nitrogens with one attached hydrogen (secondary N) is 2. The molecule has 1 aromatic heterocycles. The minimum atomic E-state index is -0.736. The van der Waals surface area contributed by atoms with E-state index in [1.807, 2.05) is 38.4 Å². The molecule has 0 aliphatic carbocycles. The van der Waals surface area contributed by atoms with Gasteiger partial charge in [-0.05, 0) is 44.3 Å². The molecule has 0 bridgehead atoms. The number of hydrogen-bond donors (Lipinski definition) is 3. The Morgan fingerprint density at radius 3 is 2.57 bits per heavy atom. The highest BCUT2D eigenvalue weighted by Crippen LogP contribution is 2.20. The highest BCUT2D eigenvalue weighted by atomic mass is 32.1. The number of halogens is 1. The van der Waals surface area contributed by atoms with Gasteiger partial charge in [0.2, 0.25) is 0 Å². The summed E-state index contributed by atoms with van der Waals surface area (Å²) in [6.45, 7) is 0.962. The smallest absolute Gasteiger partial charge is 0.252 e. The number of likely N-dealkylation sites (N-methyl/N-ethyl adjacent to an activating group) is 1. The molecular weight excluding hydrogens is 315 g/mol. The monoisotopic (exact) mass is 334 g/mol. The van der Waals surface area contributed by atoms with Crippen molar-refractivity contribution in [3.8, 4) is 0 Å². The Kier molecular flexibility index (Phi) is 5.46. The van der Waals surface area contributed by atoms with Gasteiger partial charge in [0.1, 0.15) is 10.5 Å². The number of nitrogens with two attached hydrogens (primary N) is 1. The van der Waals surface area contributed by atoms with E-state index in [9.17, 15) is 9.18 Å². The molecule has 0 saturated heterocycles. The number of benzene rings is 1. The maximum absolute atomic E-state index is 13.5. The molecule has 122 valence electrons. The van der Waals surface area contributed by atoms with E-state index in [1.165, 1.54) is 5.56 Å². The van der Waals surface area contributed by atoms with Crippen molar-refractivity contribution in [1.82, 2.24) is 9.88 Å². The van der Waals surface area contributed by atoms with Crippen LogP contribution in [0.4, 0.5) is 15.9 Å². The van der Waals surface area contributed by atoms with E-state index in [0.717, 1.165) is 24.7 Å². The van der Waals surface area contributed by atoms with Crippen molar-refractivity contribution in [3.05, 3.63) is 51.9 Å². The second-order valence-electron chi connectivity index (χ2n) is 5.47. The van der Waals surface area contributed by atoms with Crippen molar-refractivity contribution < 1.29 is 9.18 Å². The van der Waals surface area contributed by atoms with E-state index >= 15 is 0 Å². The molecule has 0 radical (unpaired) electrons. The third kappa shape index (κ3) is 4.61. The van der Waals surface area contributed by atoms with Gasteiger partial charge in [-0.3, -0.25) is 4.79 Å². The Morgan fingerprint density at radius 1 is 1.35 bits per heavy atom. The summed E-state index contributed by atoms with van der Waals surface area (Å²) in [7, 11) is 4.05. The Hall–Kier alpha value is -2.25. The third-order valence-electron chi connectivity index (χ3n) is 3.33. The van der Waals surface area contributed by atoms with Crippen LogP contribution >= 0.6 is 12.2 Å². The zero-order chi connectivity index (χ0) is 17.0. The standard InChI is InChI=1S/C16H19FN4OS/c1-21(2)8-7-10-3-5-11(6-4-10)19-15-12(14(18)22)9-13(17)16(23)20-15/h3-6,9H,7-8H2,1-2H3,(H2,18,22)(H2,19,20,23). The summed E-state index contributed by atoms with van der Waals surface area (Å²) >= 11 is 4.86. The topological polar surface area (TPSA) is 74.2 Å². The molecule has 1 amide bonds. The first-order valence-electron chi connectivity index (χ1n) is 7.10. The fourth-order valence-corrected chi connectivity index (χ4v) is 2.21. The molecule has 0 saturated carbocycles. The van der Waals surface area contributed by atoms with Gasteiger partial charge in [0.05, 0.1) is 5.56 Å². The molecule has 4 N–H and O–H groups in total. The van der Waals surface area contributed by atoms with Gasteiger partial charge in [0.25, 0.3) is 5.91 Å². The van der Waals surface area contributed by atoms with Crippen LogP contribution in [0.1, 0.15) is 15.9 Å². The molecule has 0 spiro atoms. The van der Waals surface area contributed by atoms with Crippen LogP contribution in [0.3, 0.4) is 0 Å². The summed E-state index contributed by atoms with van der Waals surface area (Å²) in [6, 6.07) is 8.79. The number of aromatic amines is 1. The lowest BCUT2D eigenvalue weighted by Crippen LogP contribution is -2.15. The number of carbonyl (C=O) groups is 1. The van der Waals surface area contributed by atoms with Gasteiger partial charge in [-0.1, -0.05) is 24.4 Å². The molecular formula is C16H19FN4OS. The molecule has 1 heterocycles. The van der Waals surface area contributed by atoms with Gasteiger partial charge in [0.15, 0.2) is 5.82 Å². The van der Waals surface area contributed by atoms with E-state index < -0.39 is 11.7 Å². The van der Waals surface area contributed by atoms with Gasteiger partial charge < -0.3 is 20.9 Å². The number of hydrogen-bond acceptors (Lipinski definition) is 4. The lowest BCUT2D eigenvalue weighted by atomic mass is 10.1. The van der Waals surface area contributed by atoms with Crippen molar-refractivity contribution in [2.45, 2.75) is 6.42 Å². The minimum Gasteiger partial charge on any atom is -0.365 e. The SMILES string of the molecule is CN(C)CCc1ccc(Nc2[nH]c(=S)c(F)cc2C(N)=O)cc1. The fourth-order valence-electron chi connectivity index (χ4n) is 2.05. The first-order chi connectivity index (χ1) is 10.9. The van der Waals surface area contributed by atoms with E-state index in [2.05, 4.69) is 15.2 Å². The van der Waals surface area contributed by atoms with Gasteiger partial charge in [-0.2, -0.15) is 0 Å². The normalized spacial score (nSPS) is 10.8. The maximum Gasteiger partial charge on any atom is 0.252 e. The van der Waals surface area contributed by atoms with Crippen LogP contribution in [0.25, 0.3) is 0 Å². The molecule has 1 aromatic carbocycles. The number of anilines is 2. The number of primary amides is 1. The summed E-state index contributed by atoms with van der Waals surface area (Å²) in [5.74, 6) is -1.14. The van der Waals surface area contributed by atoms with Crippen molar-refractivity contribution in [2.75, 3.05) is 26.0 Å². The van der Waals surface area contributed by atoms with Crippen LogP contribution < -0.4 is 11.1 Å². The first kappa shape index (κ1) is 17.1. The van der Waals surface area contributed by atoms with E-state index in [-0.39, 0.29) is 16.0 Å². The molecule has 0 unspecified atom stereocenters. The highest BCUT2D eigenvalue weighted by molar-refractivity contribution is 7.71. The van der Waals surface area contributed by atoms with E-state index in [4.69, 9.17) is 18.0 Å². The number of pyridine rings is 1. The van der Waals surface area contributed by atoms with Gasteiger partial charge in [-0.15, -0.1) is 0 Å². The average molecular weight is 334 g/mol. The molecule has 2 aromatic rings. The molecule has 0 fully saturated rings. The van der Waals surface area contributed by atoms with Crippen LogP contribution in [0.2, 0.25) is 0 Å². The number of nitrogens with zero attached hydrogens (tertiary/aromatic N) is 1. The highest BCUT2D eigenvalue weighted by Gasteiger charge is 2.12. The average Bonchev–Trinajstić information content (AvgIpc) is 2.49. The minimum absolute atomic E-state index is 0.0211. The number of amides is 1. The second-order valence-corrected chi connectivity index (χ2v) is 5.88. The summed E-state index contributed by atoms with van der Waals surface area (Å²) in [6.07, 6.45) is 0.943. The summed E-state index contributed by atoms with van der Waals surface area (Å²) in [5.41, 5.74) is 7.24. The first-order valence-corrected chi connectivity index (χ1v) is 7.51. The maximum atomic E-state index is 13.5. The van der Waals surface area contributed by atoms with Crippen LogP contribution in [0.15, 0.2) is 30.3 Å². The number of rotatable bonds is 6. The summed E-state index contributed by atoms with van der Waals surface area (Å²) < 4.78 is 13.4.